The minimum absolute atomic E-state index is 0.259. The van der Waals surface area contributed by atoms with E-state index in [9.17, 15) is 4.79 Å². The zero-order valence-electron chi connectivity index (χ0n) is 8.08. The van der Waals surface area contributed by atoms with Gasteiger partial charge in [0.15, 0.2) is 0 Å². The Morgan fingerprint density at radius 3 is 3.21 bits per heavy atom. The van der Waals surface area contributed by atoms with E-state index in [4.69, 9.17) is 11.6 Å². The lowest BCUT2D eigenvalue weighted by atomic mass is 9.97. The predicted molar refractivity (Wildman–Crippen MR) is 57.0 cm³/mol. The average molecular weight is 212 g/mol. The largest absolute Gasteiger partial charge is 0.316 e. The molecule has 3 heteroatoms. The Morgan fingerprint density at radius 2 is 2.43 bits per heavy atom. The summed E-state index contributed by atoms with van der Waals surface area (Å²) in [6.45, 7) is 0.776. The number of carbonyl (C=O) groups excluding carboxylic acids is 1. The van der Waals surface area contributed by atoms with Gasteiger partial charge in [-0.3, -0.25) is 4.79 Å². The van der Waals surface area contributed by atoms with Gasteiger partial charge in [-0.2, -0.15) is 0 Å². The van der Waals surface area contributed by atoms with Crippen LogP contribution in [-0.4, -0.2) is 23.2 Å². The summed E-state index contributed by atoms with van der Waals surface area (Å²) in [4.78, 5) is 13.6. The second-order valence-electron chi connectivity index (χ2n) is 3.74. The lowest BCUT2D eigenvalue weighted by Crippen LogP contribution is -2.25. The highest BCUT2D eigenvalue weighted by atomic mass is 35.5. The Hall–Kier alpha value is -0.760. The van der Waals surface area contributed by atoms with Crippen molar-refractivity contribution in [3.05, 3.63) is 23.9 Å². The first kappa shape index (κ1) is 9.78. The molecule has 0 aromatic rings. The molecule has 1 unspecified atom stereocenters. The summed E-state index contributed by atoms with van der Waals surface area (Å²) >= 11 is 5.63. The first-order valence-electron chi connectivity index (χ1n) is 5.06. The van der Waals surface area contributed by atoms with Gasteiger partial charge in [0.1, 0.15) is 0 Å². The number of alkyl halides is 1. The van der Waals surface area contributed by atoms with E-state index in [1.54, 1.807) is 0 Å². The van der Waals surface area contributed by atoms with Crippen molar-refractivity contribution in [2.24, 2.45) is 5.92 Å². The number of fused-ring (bicyclic) bond motifs is 1. The Bertz CT molecular complexity index is 296. The number of likely N-dealkylation sites (tertiary alicyclic amines) is 1. The van der Waals surface area contributed by atoms with Crippen molar-refractivity contribution >= 4 is 17.5 Å². The minimum atomic E-state index is 0.259. The Labute approximate surface area is 89.2 Å². The summed E-state index contributed by atoms with van der Waals surface area (Å²) in [5.74, 6) is 1.32. The molecule has 1 heterocycles. The smallest absolute Gasteiger partial charge is 0.227 e. The van der Waals surface area contributed by atoms with Crippen molar-refractivity contribution < 1.29 is 4.79 Å². The molecule has 2 rings (SSSR count). The fourth-order valence-electron chi connectivity index (χ4n) is 2.10. The van der Waals surface area contributed by atoms with Crippen molar-refractivity contribution in [3.63, 3.8) is 0 Å². The second-order valence-corrected chi connectivity index (χ2v) is 4.12. The van der Waals surface area contributed by atoms with E-state index >= 15 is 0 Å². The fourth-order valence-corrected chi connectivity index (χ4v) is 2.22. The van der Waals surface area contributed by atoms with E-state index in [-0.39, 0.29) is 5.91 Å². The van der Waals surface area contributed by atoms with E-state index < -0.39 is 0 Å². The van der Waals surface area contributed by atoms with Crippen LogP contribution in [0.25, 0.3) is 0 Å². The standard InChI is InChI=1S/C11H14ClNO/c12-6-3-7-13-10-5-2-1-4-9(10)8-11(13)14/h1-2,5,9H,3-4,6-8H2. The van der Waals surface area contributed by atoms with Crippen LogP contribution >= 0.6 is 11.6 Å². The highest BCUT2D eigenvalue weighted by molar-refractivity contribution is 6.17. The fraction of sp³-hybridized carbons (Fsp3) is 0.545. The number of allylic oxidation sites excluding steroid dienone is 4. The van der Waals surface area contributed by atoms with Crippen LogP contribution in [0.3, 0.4) is 0 Å². The number of nitrogens with zero attached hydrogens (tertiary/aromatic N) is 1. The maximum absolute atomic E-state index is 11.7. The molecular formula is C11H14ClNO. The minimum Gasteiger partial charge on any atom is -0.316 e. The Kier molecular flexibility index (Phi) is 2.92. The zero-order valence-corrected chi connectivity index (χ0v) is 8.83. The number of carbonyl (C=O) groups is 1. The summed E-state index contributed by atoms with van der Waals surface area (Å²) in [6.07, 6.45) is 8.80. The van der Waals surface area contributed by atoms with Crippen molar-refractivity contribution in [2.75, 3.05) is 12.4 Å². The van der Waals surface area contributed by atoms with Gasteiger partial charge in [0.25, 0.3) is 0 Å². The van der Waals surface area contributed by atoms with Gasteiger partial charge in [-0.25, -0.2) is 0 Å². The molecule has 0 N–H and O–H groups in total. The molecule has 0 spiro atoms. The van der Waals surface area contributed by atoms with Crippen molar-refractivity contribution in [1.29, 1.82) is 0 Å². The van der Waals surface area contributed by atoms with E-state index in [2.05, 4.69) is 12.2 Å². The molecule has 0 saturated carbocycles. The Morgan fingerprint density at radius 1 is 1.57 bits per heavy atom. The number of halogens is 1. The third-order valence-corrected chi connectivity index (χ3v) is 3.06. The van der Waals surface area contributed by atoms with E-state index in [0.717, 1.165) is 19.4 Å². The van der Waals surface area contributed by atoms with Crippen LogP contribution in [0.4, 0.5) is 0 Å². The molecule has 1 amide bonds. The summed E-state index contributed by atoms with van der Waals surface area (Å²) in [7, 11) is 0. The summed E-state index contributed by atoms with van der Waals surface area (Å²) in [5, 5.41) is 0. The number of hydrogen-bond donors (Lipinski definition) is 0. The van der Waals surface area contributed by atoms with E-state index in [1.165, 1.54) is 5.70 Å². The van der Waals surface area contributed by atoms with E-state index in [1.807, 2.05) is 11.0 Å². The molecule has 14 heavy (non-hydrogen) atoms. The number of hydrogen-bond acceptors (Lipinski definition) is 1. The summed E-state index contributed by atoms with van der Waals surface area (Å²) < 4.78 is 0. The normalized spacial score (nSPS) is 25.2. The second kappa shape index (κ2) is 4.18. The van der Waals surface area contributed by atoms with Crippen LogP contribution in [0.5, 0.6) is 0 Å². The topological polar surface area (TPSA) is 20.3 Å². The Balaban J connectivity index is 2.10. The molecule has 1 fully saturated rings. The molecule has 1 aliphatic heterocycles. The lowest BCUT2D eigenvalue weighted by Gasteiger charge is -2.21. The van der Waals surface area contributed by atoms with Gasteiger partial charge < -0.3 is 4.90 Å². The molecule has 0 radical (unpaired) electrons. The van der Waals surface area contributed by atoms with Crippen LogP contribution in [0, 0.1) is 5.92 Å². The van der Waals surface area contributed by atoms with Gasteiger partial charge in [0.2, 0.25) is 5.91 Å². The highest BCUT2D eigenvalue weighted by Crippen LogP contribution is 2.34. The molecule has 76 valence electrons. The molecule has 0 aromatic heterocycles. The van der Waals surface area contributed by atoms with Crippen LogP contribution < -0.4 is 0 Å². The maximum Gasteiger partial charge on any atom is 0.227 e. The van der Waals surface area contributed by atoms with Crippen LogP contribution in [0.2, 0.25) is 0 Å². The molecular weight excluding hydrogens is 198 g/mol. The first-order valence-corrected chi connectivity index (χ1v) is 5.59. The highest BCUT2D eigenvalue weighted by Gasteiger charge is 2.33. The quantitative estimate of drug-likeness (QED) is 0.656. The predicted octanol–water partition coefficient (Wildman–Crippen LogP) is 2.31. The van der Waals surface area contributed by atoms with Crippen molar-refractivity contribution in [3.8, 4) is 0 Å². The van der Waals surface area contributed by atoms with Crippen molar-refractivity contribution in [2.45, 2.75) is 19.3 Å². The van der Waals surface area contributed by atoms with Gasteiger partial charge in [0.05, 0.1) is 0 Å². The van der Waals surface area contributed by atoms with Crippen LogP contribution in [0.15, 0.2) is 23.9 Å². The molecule has 0 bridgehead atoms. The van der Waals surface area contributed by atoms with Crippen LogP contribution in [-0.2, 0) is 4.79 Å². The molecule has 2 nitrogen and oxygen atoms in total. The molecule has 0 aromatic carbocycles. The van der Waals surface area contributed by atoms with E-state index in [0.29, 0.717) is 18.2 Å². The van der Waals surface area contributed by atoms with Gasteiger partial charge in [-0.15, -0.1) is 11.6 Å². The number of rotatable bonds is 3. The average Bonchev–Trinajstić information content (AvgIpc) is 2.51. The third-order valence-electron chi connectivity index (χ3n) is 2.79. The summed E-state index contributed by atoms with van der Waals surface area (Å²) in [5.41, 5.74) is 1.20. The van der Waals surface area contributed by atoms with Gasteiger partial charge in [-0.05, 0) is 18.9 Å². The zero-order chi connectivity index (χ0) is 9.97. The third kappa shape index (κ3) is 1.71. The summed E-state index contributed by atoms with van der Waals surface area (Å²) in [6, 6.07) is 0. The van der Waals surface area contributed by atoms with Gasteiger partial charge in [-0.1, -0.05) is 12.2 Å². The van der Waals surface area contributed by atoms with Gasteiger partial charge in [0, 0.05) is 30.5 Å². The SMILES string of the molecule is O=C1CC2CC=CC=C2N1CCCCl. The first-order chi connectivity index (χ1) is 6.83. The molecule has 1 atom stereocenters. The van der Waals surface area contributed by atoms with Gasteiger partial charge >= 0.3 is 0 Å². The van der Waals surface area contributed by atoms with Crippen LogP contribution in [0.1, 0.15) is 19.3 Å². The number of amides is 1. The molecule has 1 aliphatic carbocycles. The van der Waals surface area contributed by atoms with Crippen molar-refractivity contribution in [1.82, 2.24) is 4.90 Å². The molecule has 2 aliphatic rings. The monoisotopic (exact) mass is 211 g/mol. The molecule has 1 saturated heterocycles. The maximum atomic E-state index is 11.7. The lowest BCUT2D eigenvalue weighted by molar-refractivity contribution is -0.126.